The average Bonchev–Trinajstić information content (AvgIpc) is 2.95. The maximum absolute atomic E-state index is 11.8. The van der Waals surface area contributed by atoms with Crippen LogP contribution in [0.3, 0.4) is 0 Å². The third kappa shape index (κ3) is 2.59. The van der Waals surface area contributed by atoms with E-state index >= 15 is 0 Å². The number of nitrogens with zero attached hydrogens (tertiary/aromatic N) is 1. The predicted octanol–water partition coefficient (Wildman–Crippen LogP) is 0.448. The summed E-state index contributed by atoms with van der Waals surface area (Å²) < 4.78 is 24.8. The molecule has 0 radical (unpaired) electrons. The first-order valence-electron chi connectivity index (χ1n) is 5.46. The van der Waals surface area contributed by atoms with Crippen molar-refractivity contribution in [2.75, 3.05) is 19.4 Å². The minimum absolute atomic E-state index is 0.222. The van der Waals surface area contributed by atoms with Crippen molar-refractivity contribution in [1.29, 1.82) is 0 Å². The van der Waals surface area contributed by atoms with E-state index in [1.54, 1.807) is 24.3 Å². The Bertz CT molecular complexity index is 496. The number of rotatable bonds is 4. The minimum Gasteiger partial charge on any atom is -0.381 e. The monoisotopic (exact) mass is 255 g/mol. The highest BCUT2D eigenvalue weighted by Crippen LogP contribution is 2.24. The molecule has 6 heteroatoms. The van der Waals surface area contributed by atoms with Crippen LogP contribution >= 0.6 is 0 Å². The normalized spacial score (nSPS) is 23.8. The molecule has 0 heterocycles. The molecule has 5 nitrogen and oxygen atoms in total. The van der Waals surface area contributed by atoms with Crippen LogP contribution in [-0.4, -0.2) is 38.9 Å². The average molecular weight is 255 g/mol. The van der Waals surface area contributed by atoms with E-state index in [0.717, 1.165) is 12.1 Å². The molecule has 2 unspecified atom stereocenters. The molecule has 1 saturated carbocycles. The summed E-state index contributed by atoms with van der Waals surface area (Å²) in [4.78, 5) is 0.299. The van der Waals surface area contributed by atoms with E-state index in [2.05, 4.69) is 5.32 Å². The first-order valence-corrected chi connectivity index (χ1v) is 6.90. The van der Waals surface area contributed by atoms with Gasteiger partial charge in [-0.3, -0.25) is 0 Å². The highest BCUT2D eigenvalue weighted by Gasteiger charge is 2.33. The molecule has 1 fully saturated rings. The topological polar surface area (TPSA) is 75.4 Å². The molecular weight excluding hydrogens is 238 g/mol. The van der Waals surface area contributed by atoms with Crippen molar-refractivity contribution in [3.63, 3.8) is 0 Å². The second-order valence-corrected chi connectivity index (χ2v) is 6.61. The molecule has 0 aromatic heterocycles. The molecule has 2 rings (SSSR count). The molecule has 1 aromatic rings. The zero-order chi connectivity index (χ0) is 12.6. The van der Waals surface area contributed by atoms with Crippen molar-refractivity contribution < 1.29 is 8.42 Å². The van der Waals surface area contributed by atoms with Crippen LogP contribution < -0.4 is 11.1 Å². The number of benzene rings is 1. The third-order valence-electron chi connectivity index (χ3n) is 2.82. The van der Waals surface area contributed by atoms with E-state index < -0.39 is 10.0 Å². The molecule has 2 atom stereocenters. The second-order valence-electron chi connectivity index (χ2n) is 4.46. The molecule has 3 N–H and O–H groups in total. The van der Waals surface area contributed by atoms with Gasteiger partial charge >= 0.3 is 0 Å². The largest absolute Gasteiger partial charge is 0.381 e. The summed E-state index contributed by atoms with van der Waals surface area (Å²) in [6.45, 7) is 0. The fourth-order valence-electron chi connectivity index (χ4n) is 1.53. The van der Waals surface area contributed by atoms with Gasteiger partial charge in [-0.25, -0.2) is 12.7 Å². The molecule has 1 aromatic carbocycles. The number of sulfonamides is 1. The number of nitrogens with one attached hydrogen (secondary N) is 1. The Morgan fingerprint density at radius 2 is 1.82 bits per heavy atom. The molecule has 0 spiro atoms. The Kier molecular flexibility index (Phi) is 3.11. The molecule has 17 heavy (non-hydrogen) atoms. The van der Waals surface area contributed by atoms with Crippen molar-refractivity contribution in [2.45, 2.75) is 23.4 Å². The van der Waals surface area contributed by atoms with Gasteiger partial charge in [0.05, 0.1) is 4.90 Å². The first-order chi connectivity index (χ1) is 7.91. The summed E-state index contributed by atoms with van der Waals surface area (Å²) in [5, 5.41) is 3.24. The fourth-order valence-corrected chi connectivity index (χ4v) is 2.43. The van der Waals surface area contributed by atoms with Crippen LogP contribution in [0.4, 0.5) is 5.69 Å². The van der Waals surface area contributed by atoms with Crippen LogP contribution in [0.5, 0.6) is 0 Å². The van der Waals surface area contributed by atoms with Crippen LogP contribution in [0.15, 0.2) is 29.2 Å². The van der Waals surface area contributed by atoms with Crippen LogP contribution in [0.1, 0.15) is 6.42 Å². The summed E-state index contributed by atoms with van der Waals surface area (Å²) in [5.41, 5.74) is 6.59. The van der Waals surface area contributed by atoms with Crippen LogP contribution in [0.2, 0.25) is 0 Å². The van der Waals surface area contributed by atoms with Crippen molar-refractivity contribution in [3.8, 4) is 0 Å². The van der Waals surface area contributed by atoms with Crippen molar-refractivity contribution in [1.82, 2.24) is 4.31 Å². The van der Waals surface area contributed by atoms with Crippen LogP contribution in [0.25, 0.3) is 0 Å². The molecule has 0 bridgehead atoms. The van der Waals surface area contributed by atoms with Crippen LogP contribution in [-0.2, 0) is 10.0 Å². The van der Waals surface area contributed by atoms with Gasteiger partial charge in [0.15, 0.2) is 0 Å². The van der Waals surface area contributed by atoms with Crippen molar-refractivity contribution in [3.05, 3.63) is 24.3 Å². The van der Waals surface area contributed by atoms with Crippen molar-refractivity contribution >= 4 is 15.7 Å². The van der Waals surface area contributed by atoms with Gasteiger partial charge in [-0.1, -0.05) is 0 Å². The lowest BCUT2D eigenvalue weighted by molar-refractivity contribution is 0.521. The van der Waals surface area contributed by atoms with E-state index in [-0.39, 0.29) is 6.04 Å². The first kappa shape index (κ1) is 12.3. The van der Waals surface area contributed by atoms with Gasteiger partial charge in [0, 0.05) is 31.9 Å². The lowest BCUT2D eigenvalue weighted by Gasteiger charge is -2.12. The number of hydrogen-bond acceptors (Lipinski definition) is 4. The molecule has 1 aliphatic carbocycles. The summed E-state index contributed by atoms with van der Waals surface area (Å²) >= 11 is 0. The Labute approximate surface area is 102 Å². The van der Waals surface area contributed by atoms with E-state index in [4.69, 9.17) is 5.73 Å². The van der Waals surface area contributed by atoms with E-state index in [1.807, 2.05) is 0 Å². The lowest BCUT2D eigenvalue weighted by Crippen LogP contribution is -2.22. The predicted molar refractivity (Wildman–Crippen MR) is 67.3 cm³/mol. The summed E-state index contributed by atoms with van der Waals surface area (Å²) in [7, 11) is -0.299. The van der Waals surface area contributed by atoms with E-state index in [0.29, 0.717) is 10.9 Å². The standard InChI is InChI=1S/C11H17N3O2S/c1-14(2)17(15,16)9-5-3-8(4-6-9)13-11-7-10(11)12/h3-6,10-11,13H,7,12H2,1-2H3. The third-order valence-corrected chi connectivity index (χ3v) is 4.65. The van der Waals surface area contributed by atoms with E-state index in [9.17, 15) is 8.42 Å². The Morgan fingerprint density at radius 1 is 1.29 bits per heavy atom. The summed E-state index contributed by atoms with van der Waals surface area (Å²) in [6, 6.07) is 7.28. The molecule has 1 aliphatic rings. The Morgan fingerprint density at radius 3 is 2.24 bits per heavy atom. The van der Waals surface area contributed by atoms with Gasteiger partial charge in [0.25, 0.3) is 0 Å². The van der Waals surface area contributed by atoms with Gasteiger partial charge in [-0.05, 0) is 30.7 Å². The number of anilines is 1. The highest BCUT2D eigenvalue weighted by atomic mass is 32.2. The zero-order valence-corrected chi connectivity index (χ0v) is 10.7. The number of nitrogens with two attached hydrogens (primary N) is 1. The molecule has 0 saturated heterocycles. The fraction of sp³-hybridized carbons (Fsp3) is 0.455. The lowest BCUT2D eigenvalue weighted by atomic mass is 10.3. The number of hydrogen-bond donors (Lipinski definition) is 2. The van der Waals surface area contributed by atoms with Crippen LogP contribution in [0, 0.1) is 0 Å². The molecule has 0 aliphatic heterocycles. The smallest absolute Gasteiger partial charge is 0.242 e. The molecule has 0 amide bonds. The quantitative estimate of drug-likeness (QED) is 0.819. The Hall–Kier alpha value is -1.11. The van der Waals surface area contributed by atoms with Gasteiger partial charge in [-0.2, -0.15) is 0 Å². The SMILES string of the molecule is CN(C)S(=O)(=O)c1ccc(NC2CC2N)cc1. The second kappa shape index (κ2) is 4.29. The summed E-state index contributed by atoms with van der Waals surface area (Å²) in [5.74, 6) is 0. The maximum atomic E-state index is 11.8. The van der Waals surface area contributed by atoms with Crippen molar-refractivity contribution in [2.24, 2.45) is 5.73 Å². The maximum Gasteiger partial charge on any atom is 0.242 e. The summed E-state index contributed by atoms with van der Waals surface area (Å²) in [6.07, 6.45) is 0.970. The van der Waals surface area contributed by atoms with Gasteiger partial charge in [-0.15, -0.1) is 0 Å². The molecular formula is C11H17N3O2S. The highest BCUT2D eigenvalue weighted by molar-refractivity contribution is 7.89. The zero-order valence-electron chi connectivity index (χ0n) is 9.92. The molecule has 94 valence electrons. The van der Waals surface area contributed by atoms with E-state index in [1.165, 1.54) is 18.4 Å². The van der Waals surface area contributed by atoms with Gasteiger partial charge in [0.2, 0.25) is 10.0 Å². The van der Waals surface area contributed by atoms with Gasteiger partial charge in [0.1, 0.15) is 0 Å². The Balaban J connectivity index is 2.13. The minimum atomic E-state index is -3.34. The van der Waals surface area contributed by atoms with Gasteiger partial charge < -0.3 is 11.1 Å².